The minimum atomic E-state index is 1.11. The van der Waals surface area contributed by atoms with Crippen LogP contribution in [0.3, 0.4) is 0 Å². The van der Waals surface area contributed by atoms with Crippen molar-refractivity contribution in [3.05, 3.63) is 19.1 Å². The standard InChI is InChI=1S/C16H31/c1-3-5-7-9-11-13-15-16-14-12-10-8-6-4-2/h10,12H,1,3-9,11,13-16H2,2H3/b12-10+. The van der Waals surface area contributed by atoms with Crippen molar-refractivity contribution in [2.24, 2.45) is 0 Å². The zero-order valence-electron chi connectivity index (χ0n) is 11.3. The highest BCUT2D eigenvalue weighted by atomic mass is 14.0. The molecule has 0 aliphatic rings. The molecule has 0 aromatic rings. The smallest absolute Gasteiger partial charge is 0.0351 e. The van der Waals surface area contributed by atoms with E-state index in [4.69, 9.17) is 0 Å². The van der Waals surface area contributed by atoms with Gasteiger partial charge in [0.25, 0.3) is 0 Å². The Labute approximate surface area is 104 Å². The largest absolute Gasteiger partial charge is 0.0885 e. The maximum Gasteiger partial charge on any atom is -0.0351 e. The number of hydrogen-bond donors (Lipinski definition) is 0. The highest BCUT2D eigenvalue weighted by Crippen LogP contribution is 2.09. The normalized spacial score (nSPS) is 11.4. The van der Waals surface area contributed by atoms with Crippen LogP contribution in [-0.2, 0) is 0 Å². The zero-order valence-corrected chi connectivity index (χ0v) is 11.3. The third-order valence-corrected chi connectivity index (χ3v) is 3.01. The van der Waals surface area contributed by atoms with Crippen LogP contribution >= 0.6 is 0 Å². The maximum atomic E-state index is 3.87. The molecule has 0 unspecified atom stereocenters. The molecule has 0 atom stereocenters. The van der Waals surface area contributed by atoms with Gasteiger partial charge in [-0.05, 0) is 19.3 Å². The van der Waals surface area contributed by atoms with Crippen molar-refractivity contribution in [3.8, 4) is 0 Å². The zero-order chi connectivity index (χ0) is 11.9. The molecule has 0 heteroatoms. The van der Waals surface area contributed by atoms with Crippen molar-refractivity contribution < 1.29 is 0 Å². The summed E-state index contributed by atoms with van der Waals surface area (Å²) in [4.78, 5) is 0. The number of unbranched alkanes of at least 4 members (excludes halogenated alkanes) is 10. The van der Waals surface area contributed by atoms with Crippen molar-refractivity contribution in [1.29, 1.82) is 0 Å². The lowest BCUT2D eigenvalue weighted by molar-refractivity contribution is 0.583. The lowest BCUT2D eigenvalue weighted by Crippen LogP contribution is -1.80. The lowest BCUT2D eigenvalue weighted by Gasteiger charge is -1.99. The van der Waals surface area contributed by atoms with E-state index in [0.29, 0.717) is 0 Å². The van der Waals surface area contributed by atoms with Gasteiger partial charge in [0.15, 0.2) is 0 Å². The van der Waals surface area contributed by atoms with Crippen LogP contribution in [0.4, 0.5) is 0 Å². The number of hydrogen-bond acceptors (Lipinski definition) is 0. The molecule has 0 amide bonds. The molecule has 16 heavy (non-hydrogen) atoms. The summed E-state index contributed by atoms with van der Waals surface area (Å²) >= 11 is 0. The summed E-state index contributed by atoms with van der Waals surface area (Å²) in [5.74, 6) is 0. The van der Waals surface area contributed by atoms with Crippen molar-refractivity contribution in [2.75, 3.05) is 0 Å². The van der Waals surface area contributed by atoms with Gasteiger partial charge in [-0.1, -0.05) is 83.8 Å². The Morgan fingerprint density at radius 2 is 1.19 bits per heavy atom. The third-order valence-electron chi connectivity index (χ3n) is 3.01. The highest BCUT2D eigenvalue weighted by molar-refractivity contribution is 4.81. The Hall–Kier alpha value is -0.260. The molecule has 0 spiro atoms. The minimum Gasteiger partial charge on any atom is -0.0885 e. The Kier molecular flexibility index (Phi) is 14.5. The molecule has 0 aliphatic heterocycles. The van der Waals surface area contributed by atoms with E-state index in [1.165, 1.54) is 70.6 Å². The van der Waals surface area contributed by atoms with E-state index in [2.05, 4.69) is 26.0 Å². The molecule has 0 aliphatic carbocycles. The van der Waals surface area contributed by atoms with Crippen LogP contribution in [-0.4, -0.2) is 0 Å². The minimum absolute atomic E-state index is 1.11. The Bertz CT molecular complexity index is 135. The second kappa shape index (κ2) is 14.7. The molecule has 1 radical (unpaired) electrons. The molecule has 95 valence electrons. The van der Waals surface area contributed by atoms with Crippen LogP contribution in [0.15, 0.2) is 12.2 Å². The van der Waals surface area contributed by atoms with E-state index >= 15 is 0 Å². The summed E-state index contributed by atoms with van der Waals surface area (Å²) in [6.45, 7) is 6.12. The van der Waals surface area contributed by atoms with Crippen molar-refractivity contribution in [1.82, 2.24) is 0 Å². The van der Waals surface area contributed by atoms with E-state index < -0.39 is 0 Å². The molecule has 0 aromatic heterocycles. The summed E-state index contributed by atoms with van der Waals surface area (Å²) in [5.41, 5.74) is 0. The summed E-state index contributed by atoms with van der Waals surface area (Å²) in [7, 11) is 0. The first-order chi connectivity index (χ1) is 7.91. The quantitative estimate of drug-likeness (QED) is 0.278. The SMILES string of the molecule is [CH2]CCCCCCCCC/C=C/CCCC. The van der Waals surface area contributed by atoms with Gasteiger partial charge < -0.3 is 0 Å². The summed E-state index contributed by atoms with van der Waals surface area (Å²) in [6, 6.07) is 0. The average molecular weight is 223 g/mol. The monoisotopic (exact) mass is 223 g/mol. The predicted octanol–water partition coefficient (Wildman–Crippen LogP) is 6.08. The molecule has 0 N–H and O–H groups in total. The molecule has 0 aromatic carbocycles. The average Bonchev–Trinajstić information content (AvgIpc) is 2.31. The van der Waals surface area contributed by atoms with E-state index in [1.54, 1.807) is 0 Å². The van der Waals surface area contributed by atoms with Crippen LogP contribution in [0.1, 0.15) is 84.0 Å². The van der Waals surface area contributed by atoms with Crippen molar-refractivity contribution in [3.63, 3.8) is 0 Å². The molecule has 0 heterocycles. The van der Waals surface area contributed by atoms with Gasteiger partial charge in [-0.3, -0.25) is 0 Å². The Morgan fingerprint density at radius 3 is 1.75 bits per heavy atom. The number of allylic oxidation sites excluding steroid dienone is 2. The van der Waals surface area contributed by atoms with Crippen molar-refractivity contribution in [2.45, 2.75) is 84.0 Å². The van der Waals surface area contributed by atoms with E-state index in [-0.39, 0.29) is 0 Å². The van der Waals surface area contributed by atoms with Gasteiger partial charge in [0, 0.05) is 0 Å². The van der Waals surface area contributed by atoms with Crippen LogP contribution in [0.25, 0.3) is 0 Å². The fourth-order valence-corrected chi connectivity index (χ4v) is 1.88. The van der Waals surface area contributed by atoms with Gasteiger partial charge in [0.05, 0.1) is 0 Å². The van der Waals surface area contributed by atoms with Gasteiger partial charge in [-0.25, -0.2) is 0 Å². The van der Waals surface area contributed by atoms with Gasteiger partial charge in [0.1, 0.15) is 0 Å². The molecule has 0 rings (SSSR count). The highest BCUT2D eigenvalue weighted by Gasteiger charge is 1.90. The Morgan fingerprint density at radius 1 is 0.688 bits per heavy atom. The van der Waals surface area contributed by atoms with E-state index in [0.717, 1.165) is 6.42 Å². The van der Waals surface area contributed by atoms with Gasteiger partial charge in [-0.15, -0.1) is 0 Å². The summed E-state index contributed by atoms with van der Waals surface area (Å²) in [6.07, 6.45) is 20.9. The first-order valence-corrected chi connectivity index (χ1v) is 7.36. The van der Waals surface area contributed by atoms with Gasteiger partial charge >= 0.3 is 0 Å². The number of rotatable bonds is 12. The second-order valence-corrected chi connectivity index (χ2v) is 4.73. The van der Waals surface area contributed by atoms with Crippen LogP contribution in [0.5, 0.6) is 0 Å². The first kappa shape index (κ1) is 15.7. The third kappa shape index (κ3) is 13.7. The molecular weight excluding hydrogens is 192 g/mol. The fourth-order valence-electron chi connectivity index (χ4n) is 1.88. The molecule has 0 fully saturated rings. The van der Waals surface area contributed by atoms with Crippen LogP contribution in [0, 0.1) is 6.92 Å². The topological polar surface area (TPSA) is 0 Å². The molecule has 0 saturated heterocycles. The lowest BCUT2D eigenvalue weighted by atomic mass is 10.1. The maximum absolute atomic E-state index is 3.87. The summed E-state index contributed by atoms with van der Waals surface area (Å²) < 4.78 is 0. The fraction of sp³-hybridized carbons (Fsp3) is 0.812. The molecule has 0 bridgehead atoms. The van der Waals surface area contributed by atoms with Crippen LogP contribution < -0.4 is 0 Å². The summed E-state index contributed by atoms with van der Waals surface area (Å²) in [5, 5.41) is 0. The van der Waals surface area contributed by atoms with E-state index in [1.807, 2.05) is 0 Å². The first-order valence-electron chi connectivity index (χ1n) is 7.36. The molecular formula is C16H31. The molecule has 0 saturated carbocycles. The van der Waals surface area contributed by atoms with E-state index in [9.17, 15) is 0 Å². The predicted molar refractivity (Wildman–Crippen MR) is 75.6 cm³/mol. The molecule has 0 nitrogen and oxygen atoms in total. The second-order valence-electron chi connectivity index (χ2n) is 4.73. The van der Waals surface area contributed by atoms with Crippen molar-refractivity contribution >= 4 is 0 Å². The van der Waals surface area contributed by atoms with Gasteiger partial charge in [-0.2, -0.15) is 0 Å². The Balaban J connectivity index is 2.95. The van der Waals surface area contributed by atoms with Gasteiger partial charge in [0.2, 0.25) is 0 Å². The van der Waals surface area contributed by atoms with Crippen LogP contribution in [0.2, 0.25) is 0 Å².